The second-order valence-electron chi connectivity index (χ2n) is 16.4. The van der Waals surface area contributed by atoms with Gasteiger partial charge in [0.1, 0.15) is 18.4 Å². The van der Waals surface area contributed by atoms with Crippen LogP contribution in [0.3, 0.4) is 0 Å². The van der Waals surface area contributed by atoms with Crippen molar-refractivity contribution in [2.45, 2.75) is 135 Å². The van der Waals surface area contributed by atoms with Gasteiger partial charge in [0.05, 0.1) is 12.7 Å². The van der Waals surface area contributed by atoms with Gasteiger partial charge in [0.25, 0.3) is 0 Å². The Labute approximate surface area is 242 Å². The van der Waals surface area contributed by atoms with Crippen LogP contribution < -0.4 is 0 Å². The third-order valence-electron chi connectivity index (χ3n) is 10.3. The van der Waals surface area contributed by atoms with Crippen LogP contribution >= 0.6 is 0 Å². The molecule has 0 aromatic rings. The summed E-state index contributed by atoms with van der Waals surface area (Å²) < 4.78 is 20.3. The van der Waals surface area contributed by atoms with E-state index in [4.69, 9.17) is 18.1 Å². The molecule has 0 bridgehead atoms. The first-order chi connectivity index (χ1) is 17.9. The van der Waals surface area contributed by atoms with E-state index in [-0.39, 0.29) is 11.5 Å². The summed E-state index contributed by atoms with van der Waals surface area (Å²) in [7, 11) is -3.66. The molecule has 4 unspecified atom stereocenters. The van der Waals surface area contributed by atoms with Crippen LogP contribution in [0.5, 0.6) is 0 Å². The van der Waals surface area contributed by atoms with Gasteiger partial charge in [-0.3, -0.25) is 0 Å². The number of hydrogen-bond acceptors (Lipinski definition) is 6. The minimum atomic E-state index is -1.98. The lowest BCUT2D eigenvalue weighted by molar-refractivity contribution is -0.156. The van der Waals surface area contributed by atoms with E-state index in [1.807, 2.05) is 0 Å². The van der Waals surface area contributed by atoms with Crippen LogP contribution in [-0.2, 0) is 18.1 Å². The highest BCUT2D eigenvalue weighted by Crippen LogP contribution is 2.67. The maximum Gasteiger partial charge on any atom is 0.185 e. The second-order valence-corrected chi connectivity index (χ2v) is 29.8. The zero-order chi connectivity index (χ0) is 29.0. The molecule has 4 aliphatic rings. The molecule has 0 amide bonds. The third-order valence-corrected chi connectivity index (χ3v) is 13.3. The molecule has 0 aromatic carbocycles. The summed E-state index contributed by atoms with van der Waals surface area (Å²) in [6, 6.07) is 0. The zero-order valence-electron chi connectivity index (χ0n) is 26.9. The molecule has 0 saturated heterocycles. The van der Waals surface area contributed by atoms with Gasteiger partial charge in [0.15, 0.2) is 25.0 Å². The number of fused-ring (bicyclic) bond motifs is 5. The molecule has 0 heterocycles. The Morgan fingerprint density at radius 2 is 1.54 bits per heavy atom. The zero-order valence-corrected chi connectivity index (χ0v) is 29.9. The fraction of sp³-hybridized carbons (Fsp3) is 0.967. The van der Waals surface area contributed by atoms with E-state index >= 15 is 0 Å². The molecule has 0 spiro atoms. The quantitative estimate of drug-likeness (QED) is 0.172. The van der Waals surface area contributed by atoms with Gasteiger partial charge in [-0.1, -0.05) is 12.1 Å². The predicted molar refractivity (Wildman–Crippen MR) is 168 cm³/mol. The van der Waals surface area contributed by atoms with E-state index in [0.29, 0.717) is 42.3 Å². The van der Waals surface area contributed by atoms with Gasteiger partial charge >= 0.3 is 0 Å². The molecule has 0 aromatic heterocycles. The highest BCUT2D eigenvalue weighted by Gasteiger charge is 2.68. The Morgan fingerprint density at radius 1 is 0.872 bits per heavy atom. The van der Waals surface area contributed by atoms with E-state index < -0.39 is 30.6 Å². The molecule has 0 radical (unpaired) electrons. The number of rotatable bonds is 9. The summed E-state index contributed by atoms with van der Waals surface area (Å²) in [6.45, 7) is 23.3. The summed E-state index contributed by atoms with van der Waals surface area (Å²) >= 11 is 0. The Hall–Kier alpha value is -0.0394. The number of aliphatic hydroxyl groups excluding tert-OH is 1. The highest BCUT2D eigenvalue weighted by molar-refractivity contribution is 6.70. The van der Waals surface area contributed by atoms with Crippen LogP contribution in [0.2, 0.25) is 58.9 Å². The van der Waals surface area contributed by atoms with Crippen LogP contribution in [0.15, 0.2) is 5.16 Å². The van der Waals surface area contributed by atoms with Crippen LogP contribution in [0.25, 0.3) is 0 Å². The van der Waals surface area contributed by atoms with Gasteiger partial charge in [-0.05, 0) is 140 Å². The Kier molecular flexibility index (Phi) is 9.18. The number of hydrogen-bond donors (Lipinski definition) is 1. The fourth-order valence-electron chi connectivity index (χ4n) is 9.32. The maximum absolute atomic E-state index is 12.0. The van der Waals surface area contributed by atoms with E-state index in [1.165, 1.54) is 25.7 Å². The van der Waals surface area contributed by atoms with Crippen molar-refractivity contribution in [3.63, 3.8) is 0 Å². The Morgan fingerprint density at radius 3 is 2.13 bits per heavy atom. The monoisotopic (exact) mass is 597 g/mol. The predicted octanol–water partition coefficient (Wildman–Crippen LogP) is 7.27. The first-order valence-electron chi connectivity index (χ1n) is 15.7. The molecular formula is C30H59NO5Si3. The van der Waals surface area contributed by atoms with Gasteiger partial charge in [-0.15, -0.1) is 0 Å². The summed E-state index contributed by atoms with van der Waals surface area (Å²) in [5, 5.41) is 16.7. The molecule has 4 rings (SSSR count). The van der Waals surface area contributed by atoms with E-state index in [9.17, 15) is 5.11 Å². The second kappa shape index (κ2) is 11.2. The molecule has 39 heavy (non-hydrogen) atoms. The number of oxime groups is 1. The Bertz CT molecular complexity index is 896. The standard InChI is InChI=1S/C30H59NO5Si3/c1-29-19-26(32)28-23-15-13-22(35-38(6,7)8)18-21(23)12-14-24(28)25(29)16-17-30(29,36-39(9,10)11)27(31-33-2)20-34-37(3,4)5/h21-26,28,32H,12-20H2,1-11H3/t21-,22-,23?,24?,25?,26+,28?,29+,30+/m1/s1. The first kappa shape index (κ1) is 31.9. The molecule has 6 nitrogen and oxygen atoms in total. The van der Waals surface area contributed by atoms with Crippen molar-refractivity contribution in [1.82, 2.24) is 0 Å². The first-order valence-corrected chi connectivity index (χ1v) is 25.9. The molecule has 4 fully saturated rings. The fourth-order valence-corrected chi connectivity index (χ4v) is 12.6. The van der Waals surface area contributed by atoms with Gasteiger partial charge in [0, 0.05) is 11.5 Å². The van der Waals surface area contributed by atoms with Crippen LogP contribution in [0, 0.1) is 35.0 Å². The third kappa shape index (κ3) is 6.64. The minimum absolute atomic E-state index is 0.195. The topological polar surface area (TPSA) is 69.5 Å². The van der Waals surface area contributed by atoms with Crippen LogP contribution in [-0.4, -0.2) is 67.3 Å². The van der Waals surface area contributed by atoms with Crippen molar-refractivity contribution < 1.29 is 23.2 Å². The molecule has 0 aliphatic heterocycles. The van der Waals surface area contributed by atoms with Gasteiger partial charge < -0.3 is 23.2 Å². The van der Waals surface area contributed by atoms with Crippen molar-refractivity contribution in [2.75, 3.05) is 13.7 Å². The minimum Gasteiger partial charge on any atom is -0.415 e. The molecule has 9 atom stereocenters. The lowest BCUT2D eigenvalue weighted by atomic mass is 9.48. The van der Waals surface area contributed by atoms with E-state index in [1.54, 1.807) is 7.11 Å². The summed E-state index contributed by atoms with van der Waals surface area (Å²) in [5.41, 5.74) is 0.158. The van der Waals surface area contributed by atoms with Crippen molar-refractivity contribution in [3.05, 3.63) is 0 Å². The van der Waals surface area contributed by atoms with Gasteiger partial charge in [-0.2, -0.15) is 0 Å². The lowest BCUT2D eigenvalue weighted by Gasteiger charge is -2.60. The lowest BCUT2D eigenvalue weighted by Crippen LogP contribution is -2.64. The van der Waals surface area contributed by atoms with Crippen molar-refractivity contribution >= 4 is 30.7 Å². The van der Waals surface area contributed by atoms with Crippen molar-refractivity contribution in [2.24, 2.45) is 40.2 Å². The molecular weight excluding hydrogens is 539 g/mol. The van der Waals surface area contributed by atoms with Crippen molar-refractivity contribution in [1.29, 1.82) is 0 Å². The molecule has 4 saturated carbocycles. The average molecular weight is 598 g/mol. The Balaban J connectivity index is 1.64. The molecule has 9 heteroatoms. The van der Waals surface area contributed by atoms with Gasteiger partial charge in [-0.25, -0.2) is 0 Å². The van der Waals surface area contributed by atoms with E-state index in [2.05, 4.69) is 71.0 Å². The molecule has 4 aliphatic carbocycles. The molecule has 1 N–H and O–H groups in total. The van der Waals surface area contributed by atoms with Gasteiger partial charge in [0.2, 0.25) is 0 Å². The smallest absolute Gasteiger partial charge is 0.185 e. The van der Waals surface area contributed by atoms with E-state index in [0.717, 1.165) is 31.4 Å². The normalized spacial score (nSPS) is 41.5. The summed E-state index contributed by atoms with van der Waals surface area (Å²) in [4.78, 5) is 5.48. The maximum atomic E-state index is 12.0. The highest BCUT2D eigenvalue weighted by atomic mass is 28.4. The number of aliphatic hydroxyl groups is 1. The van der Waals surface area contributed by atoms with Crippen LogP contribution in [0.4, 0.5) is 0 Å². The summed E-state index contributed by atoms with van der Waals surface area (Å²) in [6.07, 6.45) is 9.00. The number of nitrogens with zero attached hydrogens (tertiary/aromatic N) is 1. The van der Waals surface area contributed by atoms with Crippen LogP contribution in [0.1, 0.15) is 58.3 Å². The summed E-state index contributed by atoms with van der Waals surface area (Å²) in [5.74, 6) is 2.79. The van der Waals surface area contributed by atoms with Crippen molar-refractivity contribution in [3.8, 4) is 0 Å². The SMILES string of the molecule is CON=C(CO[Si](C)(C)C)[C@@]1(O[Si](C)(C)C)CCC2C3CC[C@@H]4C[C@H](O[Si](C)(C)C)CCC4C3[C@@H](O)C[C@@]21C. The molecule has 226 valence electrons. The largest absolute Gasteiger partial charge is 0.415 e. The average Bonchev–Trinajstić information content (AvgIpc) is 3.05.